The number of carbonyl (C=O) groups excluding carboxylic acids is 1. The summed E-state index contributed by atoms with van der Waals surface area (Å²) in [5.74, 6) is -0.654. The molecule has 0 bridgehead atoms. The normalized spacial score (nSPS) is 12.4. The van der Waals surface area contributed by atoms with Crippen LogP contribution in [-0.2, 0) is 30.8 Å². The van der Waals surface area contributed by atoms with Gasteiger partial charge in [0.15, 0.2) is 24.9 Å². The minimum atomic E-state index is -0.804. The van der Waals surface area contributed by atoms with Gasteiger partial charge in [0.1, 0.15) is 38.8 Å². The van der Waals surface area contributed by atoms with E-state index in [0.29, 0.717) is 35.6 Å². The minimum absolute atomic E-state index is 0.0703. The number of aromatic nitrogens is 4. The average Bonchev–Trinajstić information content (AvgIpc) is 3.79. The van der Waals surface area contributed by atoms with Crippen molar-refractivity contribution in [3.63, 3.8) is 0 Å². The van der Waals surface area contributed by atoms with Gasteiger partial charge < -0.3 is 28.7 Å². The molecular formula is C37H30Cl2I2N4O7. The summed E-state index contributed by atoms with van der Waals surface area (Å²) in [4.78, 5) is 22.4. The van der Waals surface area contributed by atoms with Crippen molar-refractivity contribution in [2.45, 2.75) is 51.7 Å². The fraction of sp³-hybridized carbons (Fsp3) is 0.216. The molecule has 6 rings (SSSR count). The highest BCUT2D eigenvalue weighted by molar-refractivity contribution is 14.1. The maximum atomic E-state index is 13.6. The van der Waals surface area contributed by atoms with Gasteiger partial charge in [0, 0.05) is 42.9 Å². The van der Waals surface area contributed by atoms with Gasteiger partial charge >= 0.3 is 0 Å². The molecule has 268 valence electrons. The van der Waals surface area contributed by atoms with Crippen molar-refractivity contribution in [3.8, 4) is 23.0 Å². The van der Waals surface area contributed by atoms with Crippen LogP contribution in [-0.4, -0.2) is 36.3 Å². The number of phenolic OH excluding ortho intramolecular Hbond substituents is 2. The summed E-state index contributed by atoms with van der Waals surface area (Å²) in [5.41, 5.74) is 2.66. The Hall–Kier alpha value is -3.93. The molecular weight excluding hydrogens is 937 g/mol. The van der Waals surface area contributed by atoms with Crippen LogP contribution in [0, 0.1) is 7.14 Å². The molecule has 0 amide bonds. The van der Waals surface area contributed by atoms with Gasteiger partial charge in [-0.05, 0) is 92.7 Å². The van der Waals surface area contributed by atoms with Gasteiger partial charge in [-0.25, -0.2) is 0 Å². The van der Waals surface area contributed by atoms with Crippen LogP contribution in [0.25, 0.3) is 0 Å². The van der Waals surface area contributed by atoms with E-state index in [-0.39, 0.29) is 63.8 Å². The number of hydrogen-bond acceptors (Lipinski definition) is 11. The Morgan fingerprint density at radius 1 is 0.673 bits per heavy atom. The van der Waals surface area contributed by atoms with Crippen molar-refractivity contribution in [2.75, 3.05) is 0 Å². The maximum absolute atomic E-state index is 13.6. The summed E-state index contributed by atoms with van der Waals surface area (Å²) in [6, 6.07) is 22.3. The quantitative estimate of drug-likeness (QED) is 0.101. The van der Waals surface area contributed by atoms with Gasteiger partial charge in [0.25, 0.3) is 11.8 Å². The molecule has 0 radical (unpaired) electrons. The topological polar surface area (TPSA) is 154 Å². The highest BCUT2D eigenvalue weighted by atomic mass is 127. The van der Waals surface area contributed by atoms with Crippen LogP contribution in [0.3, 0.4) is 0 Å². The largest absolute Gasteiger partial charge is 0.506 e. The van der Waals surface area contributed by atoms with Crippen LogP contribution in [0.15, 0.2) is 81.8 Å². The summed E-state index contributed by atoms with van der Waals surface area (Å²) in [7, 11) is 0. The predicted octanol–water partition coefficient (Wildman–Crippen LogP) is 9.20. The van der Waals surface area contributed by atoms with Crippen LogP contribution >= 0.6 is 68.4 Å². The second-order valence-electron chi connectivity index (χ2n) is 11.9. The number of Topliss-reactive ketones (excluding diaryl/α,β-unsaturated/α-hetero) is 1. The first-order valence-electron chi connectivity index (χ1n) is 15.9. The van der Waals surface area contributed by atoms with Gasteiger partial charge in [-0.1, -0.05) is 83.8 Å². The lowest BCUT2D eigenvalue weighted by Gasteiger charge is -2.20. The molecule has 2 N–H and O–H groups in total. The highest BCUT2D eigenvalue weighted by Crippen LogP contribution is 2.44. The van der Waals surface area contributed by atoms with Crippen molar-refractivity contribution in [1.29, 1.82) is 0 Å². The third-order valence-electron chi connectivity index (χ3n) is 8.28. The van der Waals surface area contributed by atoms with E-state index in [4.69, 9.17) is 41.7 Å². The number of nitrogens with zero attached hydrogens (tertiary/aromatic N) is 4. The Balaban J connectivity index is 1.06. The zero-order chi connectivity index (χ0) is 36.9. The Kier molecular flexibility index (Phi) is 12.2. The van der Waals surface area contributed by atoms with E-state index in [9.17, 15) is 15.0 Å². The van der Waals surface area contributed by atoms with Crippen LogP contribution in [0.2, 0.25) is 10.0 Å². The summed E-state index contributed by atoms with van der Waals surface area (Å²) < 4.78 is 24.4. The van der Waals surface area contributed by atoms with Crippen molar-refractivity contribution in [2.24, 2.45) is 0 Å². The first-order chi connectivity index (χ1) is 25.0. The first-order valence-corrected chi connectivity index (χ1v) is 18.8. The van der Waals surface area contributed by atoms with Gasteiger partial charge in [0.05, 0.1) is 0 Å². The van der Waals surface area contributed by atoms with Crippen LogP contribution in [0.1, 0.15) is 71.4 Å². The molecule has 0 aliphatic carbocycles. The van der Waals surface area contributed by atoms with E-state index in [1.807, 2.05) is 48.5 Å². The Labute approximate surface area is 335 Å². The van der Waals surface area contributed by atoms with E-state index < -0.39 is 11.8 Å². The Morgan fingerprint density at radius 3 is 1.44 bits per heavy atom. The van der Waals surface area contributed by atoms with Gasteiger partial charge in [-0.3, -0.25) is 4.79 Å². The third-order valence-corrected chi connectivity index (χ3v) is 10.5. The number of carbonyl (C=O) groups is 1. The number of ketones is 1. The summed E-state index contributed by atoms with van der Waals surface area (Å²) in [5, 5.41) is 29.8. The lowest BCUT2D eigenvalue weighted by Crippen LogP contribution is -2.17. The molecule has 0 saturated heterocycles. The number of halogens is 4. The van der Waals surface area contributed by atoms with Crippen LogP contribution in [0.5, 0.6) is 23.0 Å². The van der Waals surface area contributed by atoms with Gasteiger partial charge in [-0.2, -0.15) is 9.97 Å². The molecule has 15 heteroatoms. The molecule has 0 aliphatic rings. The summed E-state index contributed by atoms with van der Waals surface area (Å²) >= 11 is 17.4. The zero-order valence-electron chi connectivity index (χ0n) is 27.6. The fourth-order valence-corrected chi connectivity index (χ4v) is 6.59. The second kappa shape index (κ2) is 16.8. The molecule has 0 saturated carbocycles. The third kappa shape index (κ3) is 8.98. The smallest absolute Gasteiger partial charge is 0.264 e. The Bertz CT molecular complexity index is 2040. The number of rotatable bonds is 14. The van der Waals surface area contributed by atoms with Crippen molar-refractivity contribution in [1.82, 2.24) is 20.3 Å². The number of ether oxygens (including phenoxy) is 2. The maximum Gasteiger partial charge on any atom is 0.264 e. The van der Waals surface area contributed by atoms with Gasteiger partial charge in [0.2, 0.25) is 0 Å². The number of hydrogen-bond donors (Lipinski definition) is 2. The molecule has 2 aromatic heterocycles. The van der Waals surface area contributed by atoms with Crippen molar-refractivity contribution >= 4 is 74.2 Å². The minimum Gasteiger partial charge on any atom is -0.506 e. The number of aromatic hydroxyl groups is 2. The van der Waals surface area contributed by atoms with Crippen LogP contribution < -0.4 is 9.47 Å². The van der Waals surface area contributed by atoms with Crippen molar-refractivity contribution < 1.29 is 33.5 Å². The number of benzene rings is 4. The highest BCUT2D eigenvalue weighted by Gasteiger charge is 2.29. The lowest BCUT2D eigenvalue weighted by atomic mass is 9.85. The van der Waals surface area contributed by atoms with Crippen molar-refractivity contribution in [3.05, 3.63) is 136 Å². The monoisotopic (exact) mass is 966 g/mol. The van der Waals surface area contributed by atoms with E-state index in [2.05, 4.69) is 65.5 Å². The van der Waals surface area contributed by atoms with E-state index >= 15 is 0 Å². The molecule has 2 heterocycles. The van der Waals surface area contributed by atoms with Gasteiger partial charge in [-0.15, -0.1) is 0 Å². The second-order valence-corrected chi connectivity index (χ2v) is 15.1. The van der Waals surface area contributed by atoms with E-state index in [1.54, 1.807) is 38.1 Å². The first kappa shape index (κ1) is 37.8. The fourth-order valence-electron chi connectivity index (χ4n) is 5.42. The summed E-state index contributed by atoms with van der Waals surface area (Å²) in [6.45, 7) is 3.14. The molecule has 0 fully saturated rings. The number of phenols is 2. The zero-order valence-corrected chi connectivity index (χ0v) is 33.5. The lowest BCUT2D eigenvalue weighted by molar-refractivity contribution is -0.121. The molecule has 6 aromatic rings. The van der Waals surface area contributed by atoms with E-state index in [0.717, 1.165) is 18.3 Å². The SMILES string of the molecule is CC(C(=O)C(C)c1ccc(OCc2nc(Cc3ccc(I)cc3)no2)c(Cl)c1O)c1ccc(OCc2nc(Cc3ccc(I)cc3)no2)c(Cl)c1O. The predicted molar refractivity (Wildman–Crippen MR) is 209 cm³/mol. The Morgan fingerprint density at radius 2 is 1.06 bits per heavy atom. The molecule has 4 aromatic carbocycles. The van der Waals surface area contributed by atoms with Crippen LogP contribution in [0.4, 0.5) is 0 Å². The van der Waals surface area contributed by atoms with E-state index in [1.165, 1.54) is 0 Å². The molecule has 0 aliphatic heterocycles. The molecule has 52 heavy (non-hydrogen) atoms. The summed E-state index contributed by atoms with van der Waals surface area (Å²) in [6.07, 6.45) is 1.00. The molecule has 2 unspecified atom stereocenters. The average molecular weight is 967 g/mol. The molecule has 0 spiro atoms. The molecule has 2 atom stereocenters. The molecule has 11 nitrogen and oxygen atoms in total. The standard InChI is InChI=1S/C37H30Cl2I2N4O7/c1-19(25-11-13-27(33(38)36(25)47)49-17-31-42-29(44-51-31)15-21-3-7-23(40)8-4-21)35(46)20(2)26-12-14-28(34(39)37(26)48)50-18-32-43-30(45-52-32)16-22-5-9-24(41)10-6-22/h3-14,19-20,47-48H,15-18H2,1-2H3.